The maximum Gasteiger partial charge on any atom is 0.193 e. The van der Waals surface area contributed by atoms with E-state index in [1.54, 1.807) is 0 Å². The topological polar surface area (TPSA) is 30.9 Å². The van der Waals surface area contributed by atoms with Crippen molar-refractivity contribution < 1.29 is 0 Å². The van der Waals surface area contributed by atoms with E-state index in [2.05, 4.69) is 22.0 Å². The lowest BCUT2D eigenvalue weighted by atomic mass is 9.68. The predicted octanol–water partition coefficient (Wildman–Crippen LogP) is 3.32. The number of guanidine groups is 1. The van der Waals surface area contributed by atoms with Crippen LogP contribution < -0.4 is 5.32 Å². The molecule has 1 N–H and O–H groups in total. The molecule has 4 nitrogen and oxygen atoms in total. The smallest absolute Gasteiger partial charge is 0.193 e. The van der Waals surface area contributed by atoms with Crippen molar-refractivity contribution in [3.8, 4) is 0 Å². The van der Waals surface area contributed by atoms with Crippen molar-refractivity contribution in [2.45, 2.75) is 58.3 Å². The van der Waals surface area contributed by atoms with Crippen molar-refractivity contribution in [2.24, 2.45) is 10.4 Å². The molecule has 3 rings (SSSR count). The minimum absolute atomic E-state index is 0. The van der Waals surface area contributed by atoms with Gasteiger partial charge >= 0.3 is 0 Å². The molecule has 0 aromatic heterocycles. The van der Waals surface area contributed by atoms with Crippen molar-refractivity contribution >= 4 is 29.9 Å². The summed E-state index contributed by atoms with van der Waals surface area (Å²) in [7, 11) is 0. The van der Waals surface area contributed by atoms with E-state index in [4.69, 9.17) is 4.99 Å². The maximum atomic E-state index is 4.90. The molecular weight excluding hydrogens is 399 g/mol. The van der Waals surface area contributed by atoms with Crippen LogP contribution >= 0.6 is 24.0 Å². The van der Waals surface area contributed by atoms with Gasteiger partial charge in [-0.2, -0.15) is 0 Å². The normalized spacial score (nSPS) is 23.9. The highest BCUT2D eigenvalue weighted by Crippen LogP contribution is 2.47. The van der Waals surface area contributed by atoms with Crippen LogP contribution in [0.1, 0.15) is 58.3 Å². The van der Waals surface area contributed by atoms with Crippen LogP contribution in [0, 0.1) is 5.41 Å². The predicted molar refractivity (Wildman–Crippen MR) is 109 cm³/mol. The summed E-state index contributed by atoms with van der Waals surface area (Å²) in [6.07, 6.45) is 11.0. The van der Waals surface area contributed by atoms with E-state index in [1.807, 2.05) is 0 Å². The number of unbranched alkanes of at least 4 members (excludes halogenated alkanes) is 1. The first kappa shape index (κ1) is 19.3. The van der Waals surface area contributed by atoms with E-state index in [0.29, 0.717) is 5.41 Å². The lowest BCUT2D eigenvalue weighted by Gasteiger charge is -2.38. The Bertz CT molecular complexity index is 375. The molecule has 0 atom stereocenters. The Labute approximate surface area is 159 Å². The molecule has 3 aliphatic rings. The van der Waals surface area contributed by atoms with Crippen LogP contribution in [0.2, 0.25) is 0 Å². The van der Waals surface area contributed by atoms with Crippen molar-refractivity contribution in [3.05, 3.63) is 0 Å². The second-order valence-corrected chi connectivity index (χ2v) is 7.52. The summed E-state index contributed by atoms with van der Waals surface area (Å²) in [5.41, 5.74) is 0.659. The largest absolute Gasteiger partial charge is 0.357 e. The molecule has 134 valence electrons. The SMILES string of the molecule is CCNC(=NCCCCN1CCCC1)N1CCC2(CCC2)C1.I. The van der Waals surface area contributed by atoms with E-state index in [9.17, 15) is 0 Å². The highest BCUT2D eigenvalue weighted by Gasteiger charge is 2.43. The second kappa shape index (κ2) is 9.44. The van der Waals surface area contributed by atoms with E-state index in [-0.39, 0.29) is 24.0 Å². The fourth-order valence-corrected chi connectivity index (χ4v) is 4.27. The summed E-state index contributed by atoms with van der Waals surface area (Å²) < 4.78 is 0. The third-order valence-corrected chi connectivity index (χ3v) is 5.83. The number of halogens is 1. The second-order valence-electron chi connectivity index (χ2n) is 7.52. The van der Waals surface area contributed by atoms with Gasteiger partial charge < -0.3 is 15.1 Å². The van der Waals surface area contributed by atoms with Crippen LogP contribution in [-0.2, 0) is 0 Å². The van der Waals surface area contributed by atoms with Crippen molar-refractivity contribution in [2.75, 3.05) is 45.8 Å². The van der Waals surface area contributed by atoms with Crippen LogP contribution in [0.4, 0.5) is 0 Å². The number of nitrogens with zero attached hydrogens (tertiary/aromatic N) is 3. The van der Waals surface area contributed by atoms with Gasteiger partial charge in [0.2, 0.25) is 0 Å². The summed E-state index contributed by atoms with van der Waals surface area (Å²) in [5.74, 6) is 1.17. The Morgan fingerprint density at radius 2 is 1.83 bits per heavy atom. The average molecular weight is 434 g/mol. The fourth-order valence-electron chi connectivity index (χ4n) is 4.27. The molecule has 0 unspecified atom stereocenters. The van der Waals surface area contributed by atoms with Crippen LogP contribution in [0.15, 0.2) is 4.99 Å². The zero-order valence-electron chi connectivity index (χ0n) is 14.9. The number of rotatable bonds is 6. The molecule has 1 saturated carbocycles. The Hall–Kier alpha value is -0.0400. The first-order valence-electron chi connectivity index (χ1n) is 9.57. The van der Waals surface area contributed by atoms with Crippen molar-refractivity contribution in [1.29, 1.82) is 0 Å². The van der Waals surface area contributed by atoms with Crippen LogP contribution in [0.3, 0.4) is 0 Å². The van der Waals surface area contributed by atoms with Gasteiger partial charge in [0.15, 0.2) is 5.96 Å². The standard InChI is InChI=1S/C18H34N4.HI/c1-2-19-17(22-15-10-18(16-22)8-7-9-18)20-11-3-4-12-21-13-5-6-14-21;/h2-16H2,1H3,(H,19,20);1H. The lowest BCUT2D eigenvalue weighted by molar-refractivity contribution is 0.151. The molecule has 0 radical (unpaired) electrons. The number of hydrogen-bond donors (Lipinski definition) is 1. The van der Waals surface area contributed by atoms with Crippen LogP contribution in [0.5, 0.6) is 0 Å². The highest BCUT2D eigenvalue weighted by atomic mass is 127. The minimum Gasteiger partial charge on any atom is -0.357 e. The third kappa shape index (κ3) is 5.21. The van der Waals surface area contributed by atoms with Gasteiger partial charge in [-0.3, -0.25) is 4.99 Å². The van der Waals surface area contributed by atoms with Gasteiger partial charge in [0.05, 0.1) is 0 Å². The summed E-state index contributed by atoms with van der Waals surface area (Å²) in [6.45, 7) is 10.5. The quantitative estimate of drug-likeness (QED) is 0.301. The Morgan fingerprint density at radius 3 is 2.43 bits per heavy atom. The number of aliphatic imine (C=N–C) groups is 1. The Balaban J connectivity index is 0.00000192. The van der Waals surface area contributed by atoms with Gasteiger partial charge in [0.25, 0.3) is 0 Å². The van der Waals surface area contributed by atoms with Crippen molar-refractivity contribution in [3.63, 3.8) is 0 Å². The molecule has 0 bridgehead atoms. The van der Waals surface area contributed by atoms with E-state index >= 15 is 0 Å². The average Bonchev–Trinajstić information content (AvgIpc) is 3.14. The first-order valence-corrected chi connectivity index (χ1v) is 9.57. The first-order chi connectivity index (χ1) is 10.8. The highest BCUT2D eigenvalue weighted by molar-refractivity contribution is 14.0. The van der Waals surface area contributed by atoms with E-state index in [0.717, 1.165) is 13.1 Å². The van der Waals surface area contributed by atoms with Crippen LogP contribution in [0.25, 0.3) is 0 Å². The van der Waals surface area contributed by atoms with Gasteiger partial charge in [0, 0.05) is 26.2 Å². The Morgan fingerprint density at radius 1 is 1.04 bits per heavy atom. The molecule has 3 fully saturated rings. The molecule has 0 aromatic carbocycles. The number of hydrogen-bond acceptors (Lipinski definition) is 2. The molecule has 2 heterocycles. The molecule has 0 amide bonds. The molecule has 23 heavy (non-hydrogen) atoms. The summed E-state index contributed by atoms with van der Waals surface area (Å²) in [6, 6.07) is 0. The molecule has 2 aliphatic heterocycles. The van der Waals surface area contributed by atoms with Crippen LogP contribution in [-0.4, -0.2) is 61.6 Å². The summed E-state index contributed by atoms with van der Waals surface area (Å²) >= 11 is 0. The molecule has 1 spiro atoms. The Kier molecular flexibility index (Phi) is 7.92. The zero-order valence-corrected chi connectivity index (χ0v) is 17.2. The molecule has 5 heteroatoms. The third-order valence-electron chi connectivity index (χ3n) is 5.83. The van der Waals surface area contributed by atoms with Gasteiger partial charge in [-0.05, 0) is 76.9 Å². The van der Waals surface area contributed by atoms with E-state index in [1.165, 1.54) is 90.0 Å². The zero-order chi connectivity index (χ0) is 15.3. The minimum atomic E-state index is 0. The summed E-state index contributed by atoms with van der Waals surface area (Å²) in [4.78, 5) is 10.0. The lowest BCUT2D eigenvalue weighted by Crippen LogP contribution is -2.42. The number of likely N-dealkylation sites (tertiary alicyclic amines) is 2. The van der Waals surface area contributed by atoms with Gasteiger partial charge in [-0.25, -0.2) is 0 Å². The van der Waals surface area contributed by atoms with Crippen molar-refractivity contribution in [1.82, 2.24) is 15.1 Å². The van der Waals surface area contributed by atoms with E-state index < -0.39 is 0 Å². The molecular formula is C18H35IN4. The maximum absolute atomic E-state index is 4.90. The summed E-state index contributed by atoms with van der Waals surface area (Å²) in [5, 5.41) is 3.51. The van der Waals surface area contributed by atoms with Gasteiger partial charge in [-0.1, -0.05) is 6.42 Å². The number of nitrogens with one attached hydrogen (secondary N) is 1. The molecule has 2 saturated heterocycles. The molecule has 1 aliphatic carbocycles. The monoisotopic (exact) mass is 434 g/mol. The molecule has 0 aromatic rings. The fraction of sp³-hybridized carbons (Fsp3) is 0.944. The van der Waals surface area contributed by atoms with Gasteiger partial charge in [-0.15, -0.1) is 24.0 Å². The van der Waals surface area contributed by atoms with Gasteiger partial charge in [0.1, 0.15) is 0 Å².